The van der Waals surface area contributed by atoms with Crippen molar-refractivity contribution in [3.05, 3.63) is 71.8 Å². The highest BCUT2D eigenvalue weighted by molar-refractivity contribution is 9.10. The molecule has 1 aliphatic heterocycles. The Morgan fingerprint density at radius 3 is 2.54 bits per heavy atom. The second kappa shape index (κ2) is 10.2. The zero-order valence-electron chi connectivity index (χ0n) is 19.8. The number of likely N-dealkylation sites (N-methyl/N-ethyl adjacent to an activating group) is 1. The largest absolute Gasteiger partial charge is 0.329 e. The molecule has 1 atom stereocenters. The van der Waals surface area contributed by atoms with Gasteiger partial charge in [-0.05, 0) is 62.0 Å². The molecule has 0 spiro atoms. The third kappa shape index (κ3) is 5.41. The maximum atomic E-state index is 13.3. The molecule has 1 N–H and O–H groups in total. The van der Waals surface area contributed by atoms with Gasteiger partial charge in [0.2, 0.25) is 0 Å². The predicted molar refractivity (Wildman–Crippen MR) is 142 cm³/mol. The first-order chi connectivity index (χ1) is 16.5. The smallest absolute Gasteiger partial charge is 0.307 e. The molecule has 0 amide bonds. The molecule has 0 aliphatic carbocycles. The summed E-state index contributed by atoms with van der Waals surface area (Å²) in [5.74, 6) is -0.105. The van der Waals surface area contributed by atoms with E-state index in [4.69, 9.17) is 11.6 Å². The third-order valence-corrected chi connectivity index (χ3v) is 9.39. The summed E-state index contributed by atoms with van der Waals surface area (Å²) >= 11 is 9.70. The molecular weight excluding hydrogens is 556 g/mol. The molecule has 2 heterocycles. The number of fused-ring (bicyclic) bond motifs is 1. The van der Waals surface area contributed by atoms with Gasteiger partial charge in [0, 0.05) is 35.2 Å². The number of nitrogens with one attached hydrogen (secondary N) is 1. The van der Waals surface area contributed by atoms with Crippen molar-refractivity contribution in [2.75, 3.05) is 32.9 Å². The Kier molecular flexibility index (Phi) is 7.59. The lowest BCUT2D eigenvalue weighted by Gasteiger charge is -2.21. The summed E-state index contributed by atoms with van der Waals surface area (Å²) in [7, 11) is 0.598. The SMILES string of the molecule is CCS(=O)(=O)c1ccc(Cl)cc1Cn1c(=O)[nH]c2cc(CN3CCC(N(C)C)C3)c(Br)cc2c1=O. The number of aromatic amines is 1. The van der Waals surface area contributed by atoms with Gasteiger partial charge in [-0.2, -0.15) is 0 Å². The van der Waals surface area contributed by atoms with E-state index in [1.165, 1.54) is 18.2 Å². The zero-order valence-corrected chi connectivity index (χ0v) is 23.0. The first-order valence-electron chi connectivity index (χ1n) is 11.4. The Bertz CT molecular complexity index is 1500. The van der Waals surface area contributed by atoms with Gasteiger partial charge in [-0.15, -0.1) is 0 Å². The van der Waals surface area contributed by atoms with Crippen LogP contribution in [0.4, 0.5) is 0 Å². The third-order valence-electron chi connectivity index (χ3n) is 6.59. The molecular formula is C24H28BrClN4O4S. The fourth-order valence-electron chi connectivity index (χ4n) is 4.50. The summed E-state index contributed by atoms with van der Waals surface area (Å²) in [4.78, 5) is 33.7. The molecule has 0 bridgehead atoms. The highest BCUT2D eigenvalue weighted by Crippen LogP contribution is 2.26. The summed E-state index contributed by atoms with van der Waals surface area (Å²) in [5.41, 5.74) is 0.627. The van der Waals surface area contributed by atoms with Gasteiger partial charge in [-0.25, -0.2) is 13.2 Å². The Balaban J connectivity index is 1.72. The van der Waals surface area contributed by atoms with Crippen molar-refractivity contribution in [3.8, 4) is 0 Å². The number of hydrogen-bond donors (Lipinski definition) is 1. The molecule has 2 aromatic carbocycles. The quantitative estimate of drug-likeness (QED) is 0.459. The highest BCUT2D eigenvalue weighted by Gasteiger charge is 2.25. The molecule has 3 aromatic rings. The number of sulfone groups is 1. The number of aromatic nitrogens is 2. The van der Waals surface area contributed by atoms with Gasteiger partial charge >= 0.3 is 5.69 Å². The van der Waals surface area contributed by atoms with E-state index in [-0.39, 0.29) is 17.2 Å². The monoisotopic (exact) mass is 582 g/mol. The number of hydrogen-bond acceptors (Lipinski definition) is 6. The summed E-state index contributed by atoms with van der Waals surface area (Å²) in [5, 5.41) is 0.667. The average molecular weight is 584 g/mol. The van der Waals surface area contributed by atoms with Crippen LogP contribution in [0, 0.1) is 0 Å². The lowest BCUT2D eigenvalue weighted by Crippen LogP contribution is -2.36. The van der Waals surface area contributed by atoms with Crippen molar-refractivity contribution >= 4 is 48.3 Å². The molecule has 188 valence electrons. The number of halogens is 2. The molecule has 1 fully saturated rings. The van der Waals surface area contributed by atoms with E-state index >= 15 is 0 Å². The van der Waals surface area contributed by atoms with Gasteiger partial charge in [0.1, 0.15) is 0 Å². The van der Waals surface area contributed by atoms with Gasteiger partial charge in [0.25, 0.3) is 5.56 Å². The van der Waals surface area contributed by atoms with Gasteiger partial charge in [-0.3, -0.25) is 14.3 Å². The van der Waals surface area contributed by atoms with Crippen LogP contribution in [-0.4, -0.2) is 66.7 Å². The van der Waals surface area contributed by atoms with Gasteiger partial charge in [0.05, 0.1) is 28.1 Å². The molecule has 11 heteroatoms. The molecule has 4 rings (SSSR count). The van der Waals surface area contributed by atoms with Crippen LogP contribution in [0.15, 0.2) is 49.3 Å². The molecule has 35 heavy (non-hydrogen) atoms. The molecule has 1 unspecified atom stereocenters. The van der Waals surface area contributed by atoms with Gasteiger partial charge in [0.15, 0.2) is 9.84 Å². The minimum absolute atomic E-state index is 0.0639. The van der Waals surface area contributed by atoms with E-state index in [1.807, 2.05) is 6.07 Å². The number of nitrogens with zero attached hydrogens (tertiary/aromatic N) is 3. The fourth-order valence-corrected chi connectivity index (χ4v) is 6.28. The van der Waals surface area contributed by atoms with Crippen LogP contribution in [0.5, 0.6) is 0 Å². The second-order valence-corrected chi connectivity index (χ2v) is 12.6. The first kappa shape index (κ1) is 26.1. The van der Waals surface area contributed by atoms with Crippen LogP contribution < -0.4 is 11.2 Å². The summed E-state index contributed by atoms with van der Waals surface area (Å²) in [6.45, 7) is 3.97. The van der Waals surface area contributed by atoms with Crippen LogP contribution in [0.25, 0.3) is 10.9 Å². The molecule has 1 aromatic heterocycles. The number of likely N-dealkylation sites (tertiary alicyclic amines) is 1. The van der Waals surface area contributed by atoms with Crippen molar-refractivity contribution < 1.29 is 8.42 Å². The summed E-state index contributed by atoms with van der Waals surface area (Å²) in [6, 6.07) is 8.45. The van der Waals surface area contributed by atoms with Crippen molar-refractivity contribution in [3.63, 3.8) is 0 Å². The Hall–Kier alpha value is -1.98. The number of H-pyrrole nitrogens is 1. The Morgan fingerprint density at radius 1 is 1.14 bits per heavy atom. The van der Waals surface area contributed by atoms with E-state index in [9.17, 15) is 18.0 Å². The lowest BCUT2D eigenvalue weighted by molar-refractivity contribution is 0.264. The van der Waals surface area contributed by atoms with Crippen LogP contribution in [0.2, 0.25) is 5.02 Å². The van der Waals surface area contributed by atoms with E-state index < -0.39 is 21.1 Å². The standard InChI is InChI=1S/C24H28BrClN4O4S/c1-4-35(33,34)22-6-5-17(26)9-16(22)13-30-23(31)19-11-20(25)15(10-21(19)27-24(30)32)12-29-8-7-18(14-29)28(2)3/h5-6,9-11,18H,4,7-8,12-14H2,1-3H3,(H,27,32). The fraction of sp³-hybridized carbons (Fsp3) is 0.417. The van der Waals surface area contributed by atoms with Crippen LogP contribution in [-0.2, 0) is 22.9 Å². The topological polar surface area (TPSA) is 95.5 Å². The van der Waals surface area contributed by atoms with Crippen molar-refractivity contribution in [2.45, 2.75) is 37.4 Å². The number of rotatable bonds is 7. The van der Waals surface area contributed by atoms with E-state index in [0.29, 0.717) is 34.1 Å². The van der Waals surface area contributed by atoms with Crippen LogP contribution in [0.1, 0.15) is 24.5 Å². The lowest BCUT2D eigenvalue weighted by atomic mass is 10.1. The highest BCUT2D eigenvalue weighted by atomic mass is 79.9. The molecule has 0 radical (unpaired) electrons. The average Bonchev–Trinajstić information content (AvgIpc) is 3.27. The van der Waals surface area contributed by atoms with Gasteiger partial charge < -0.3 is 9.88 Å². The Morgan fingerprint density at radius 2 is 1.89 bits per heavy atom. The summed E-state index contributed by atoms with van der Waals surface area (Å²) in [6.07, 6.45) is 1.10. The van der Waals surface area contributed by atoms with Crippen molar-refractivity contribution in [1.82, 2.24) is 19.4 Å². The minimum Gasteiger partial charge on any atom is -0.307 e. The van der Waals surface area contributed by atoms with Crippen LogP contribution >= 0.6 is 27.5 Å². The van der Waals surface area contributed by atoms with E-state index in [1.54, 1.807) is 13.0 Å². The van der Waals surface area contributed by atoms with Crippen LogP contribution in [0.3, 0.4) is 0 Å². The molecule has 1 saturated heterocycles. The van der Waals surface area contributed by atoms with E-state index in [0.717, 1.165) is 34.1 Å². The van der Waals surface area contributed by atoms with Gasteiger partial charge in [-0.1, -0.05) is 34.5 Å². The molecule has 1 aliphatic rings. The van der Waals surface area contributed by atoms with Crippen molar-refractivity contribution in [2.24, 2.45) is 0 Å². The molecule has 0 saturated carbocycles. The zero-order chi connectivity index (χ0) is 25.5. The summed E-state index contributed by atoms with van der Waals surface area (Å²) < 4.78 is 26.9. The van der Waals surface area contributed by atoms with E-state index in [2.05, 4.69) is 44.8 Å². The second-order valence-electron chi connectivity index (χ2n) is 9.11. The Labute approximate surface area is 217 Å². The first-order valence-corrected chi connectivity index (χ1v) is 14.2. The molecule has 8 nitrogen and oxygen atoms in total. The predicted octanol–water partition coefficient (Wildman–Crippen LogP) is 3.08. The maximum Gasteiger partial charge on any atom is 0.329 e. The maximum absolute atomic E-state index is 13.3. The number of benzene rings is 2. The van der Waals surface area contributed by atoms with Crippen molar-refractivity contribution in [1.29, 1.82) is 0 Å². The minimum atomic E-state index is -3.57. The normalized spacial score (nSPS) is 17.0.